The fourth-order valence-electron chi connectivity index (χ4n) is 5.41. The molecule has 4 fully saturated rings. The van der Waals surface area contributed by atoms with Crippen LogP contribution in [0.2, 0.25) is 0 Å². The van der Waals surface area contributed by atoms with Crippen molar-refractivity contribution in [1.82, 2.24) is 4.67 Å². The monoisotopic (exact) mass is 1000 g/mol. The summed E-state index contributed by atoms with van der Waals surface area (Å²) in [6.07, 6.45) is 29.8. The van der Waals surface area contributed by atoms with Crippen molar-refractivity contribution in [2.24, 2.45) is 5.92 Å². The molecule has 4 aliphatic carbocycles. The summed E-state index contributed by atoms with van der Waals surface area (Å²) in [5.74, 6) is 0.909. The van der Waals surface area contributed by atoms with E-state index in [0.29, 0.717) is 31.7 Å². The average molecular weight is 1000 g/mol. The van der Waals surface area contributed by atoms with Crippen molar-refractivity contribution in [3.63, 3.8) is 0 Å². The van der Waals surface area contributed by atoms with Crippen LogP contribution in [0.3, 0.4) is 0 Å². The van der Waals surface area contributed by atoms with Crippen molar-refractivity contribution in [3.8, 4) is 6.07 Å². The summed E-state index contributed by atoms with van der Waals surface area (Å²) in [6, 6.07) is 2.78. The van der Waals surface area contributed by atoms with E-state index in [4.69, 9.17) is 14.3 Å². The van der Waals surface area contributed by atoms with Crippen molar-refractivity contribution in [2.75, 3.05) is 26.3 Å². The third-order valence-corrected chi connectivity index (χ3v) is 9.70. The van der Waals surface area contributed by atoms with Gasteiger partial charge in [-0.1, -0.05) is 136 Å². The molecule has 0 N–H and O–H groups in total. The third kappa shape index (κ3) is 48.1. The van der Waals surface area contributed by atoms with E-state index in [9.17, 15) is 0 Å². The molecule has 4 aliphatic rings. The molecule has 1 unspecified atom stereocenters. The molecule has 1 radical (unpaired) electrons. The van der Waals surface area contributed by atoms with Gasteiger partial charge in [0.25, 0.3) is 8.53 Å². The van der Waals surface area contributed by atoms with Gasteiger partial charge in [-0.2, -0.15) is 24.5 Å². The van der Waals surface area contributed by atoms with Crippen LogP contribution in [0.15, 0.2) is 0 Å². The minimum Gasteiger partial charge on any atom is -0.688 e. The van der Waals surface area contributed by atoms with Crippen molar-refractivity contribution in [1.29, 1.82) is 5.26 Å². The van der Waals surface area contributed by atoms with Crippen molar-refractivity contribution < 1.29 is 82.8 Å². The summed E-state index contributed by atoms with van der Waals surface area (Å²) in [5, 5.41) is 12.8. The Labute approximate surface area is 358 Å². The van der Waals surface area contributed by atoms with Gasteiger partial charge in [-0.25, -0.2) is 4.67 Å². The number of hydrogen-bond donors (Lipinski definition) is 0. The Bertz CT molecular complexity index is 524. The summed E-state index contributed by atoms with van der Waals surface area (Å²) >= 11 is 0. The largest absolute Gasteiger partial charge is 2.00 e. The Morgan fingerprint density at radius 3 is 1.41 bits per heavy atom. The summed E-state index contributed by atoms with van der Waals surface area (Å²) in [6.45, 7) is 26.8. The fourth-order valence-corrected chi connectivity index (χ4v) is 7.04. The van der Waals surface area contributed by atoms with Gasteiger partial charge in [-0.3, -0.25) is 6.54 Å². The van der Waals surface area contributed by atoms with Gasteiger partial charge in [0, 0.05) is 52.8 Å². The predicted octanol–water partition coefficient (Wildman–Crippen LogP) is 13.6. The summed E-state index contributed by atoms with van der Waals surface area (Å²) in [4.78, 5) is 0. The molecule has 295 valence electrons. The van der Waals surface area contributed by atoms with E-state index in [0.717, 1.165) is 25.4 Å². The number of hydrogen-bond acceptors (Lipinski definition) is 4. The second kappa shape index (κ2) is 56.8. The summed E-state index contributed by atoms with van der Waals surface area (Å²) in [5.41, 5.74) is 0. The van der Waals surface area contributed by atoms with Crippen LogP contribution in [0.4, 0.5) is 0 Å². The Hall–Kier alpha value is 2.07. The molecule has 0 spiro atoms. The van der Waals surface area contributed by atoms with Crippen LogP contribution in [-0.4, -0.2) is 43.1 Å². The first-order chi connectivity index (χ1) is 22.0. The second-order valence-corrected chi connectivity index (χ2v) is 13.6. The molecule has 49 heavy (non-hydrogen) atoms. The van der Waals surface area contributed by atoms with E-state index in [1.54, 1.807) is 0 Å². The quantitative estimate of drug-likeness (QED) is 0.0846. The van der Waals surface area contributed by atoms with E-state index < -0.39 is 8.53 Å². The Balaban J connectivity index is -0.0000000931. The molecular weight excluding hydrogens is 920 g/mol. The molecule has 10 heteroatoms. The predicted molar refractivity (Wildman–Crippen MR) is 203 cm³/mol. The Morgan fingerprint density at radius 1 is 0.735 bits per heavy atom. The van der Waals surface area contributed by atoms with Gasteiger partial charge in [0.2, 0.25) is 0 Å². The van der Waals surface area contributed by atoms with Crippen LogP contribution in [0, 0.1) is 37.5 Å². The molecule has 0 bridgehead atoms. The van der Waals surface area contributed by atoms with Gasteiger partial charge in [0.1, 0.15) is 0 Å². The van der Waals surface area contributed by atoms with Gasteiger partial charge in [-0.15, -0.1) is 6.54 Å². The third-order valence-electron chi connectivity index (χ3n) is 7.60. The topological polar surface area (TPSA) is 59.6 Å². The summed E-state index contributed by atoms with van der Waals surface area (Å²) in [7, 11) is -1.08. The molecule has 0 saturated heterocycles. The maximum atomic E-state index is 8.52. The van der Waals surface area contributed by atoms with Gasteiger partial charge < -0.3 is 34.6 Å². The molecule has 0 aliphatic heterocycles. The maximum Gasteiger partial charge on any atom is 2.00 e. The second-order valence-electron chi connectivity index (χ2n) is 12.1. The van der Waals surface area contributed by atoms with Crippen molar-refractivity contribution >= 4 is 8.53 Å². The molecular formula is C39H80Fe2N3O2PVW. The van der Waals surface area contributed by atoms with Crippen LogP contribution in [0.25, 0.3) is 5.32 Å². The summed E-state index contributed by atoms with van der Waals surface area (Å²) < 4.78 is 13.6. The zero-order valence-electron chi connectivity index (χ0n) is 33.4. The minimum atomic E-state index is -1.08. The molecule has 5 nitrogen and oxygen atoms in total. The van der Waals surface area contributed by atoms with Gasteiger partial charge in [-0.05, 0) is 27.7 Å². The van der Waals surface area contributed by atoms with E-state index in [1.807, 2.05) is 27.7 Å². The molecule has 0 amide bonds. The first kappa shape index (κ1) is 65.9. The van der Waals surface area contributed by atoms with Crippen molar-refractivity contribution in [3.05, 3.63) is 25.6 Å². The molecule has 4 rings (SSSR count). The van der Waals surface area contributed by atoms with E-state index in [2.05, 4.69) is 64.0 Å². The average Bonchev–Trinajstić information content (AvgIpc) is 3.91. The SMILES string of the molecule is C1CCCC1.C1CCCC1.CC.CC.[CH-]1CCCC1.[CH2-]CCOP(OCCC#N)N(C(C)C)C(C)C.[CH2-]C[N-]CC1CCCC1.[Fe].[Fe].[V+2].[W+2]. The smallest absolute Gasteiger partial charge is 0.688 e. The van der Waals surface area contributed by atoms with Crippen molar-refractivity contribution in [2.45, 2.75) is 196 Å². The maximum absolute atomic E-state index is 8.52. The molecule has 0 aromatic heterocycles. The number of rotatable bonds is 12. The zero-order chi connectivity index (χ0) is 34.4. The molecule has 1 atom stereocenters. The molecule has 0 aromatic carbocycles. The molecule has 0 aromatic rings. The van der Waals surface area contributed by atoms with Crippen LogP contribution in [0.1, 0.15) is 184 Å². The number of nitrogens with zero attached hydrogens (tertiary/aromatic N) is 3. The molecule has 4 saturated carbocycles. The van der Waals surface area contributed by atoms with Crippen LogP contribution < -0.4 is 0 Å². The minimum absolute atomic E-state index is 0. The standard InChI is InChI=1S/C12H24N2O2P.C8H15N.2C5H10.C5H9.2C2H6.2Fe.V.W/c1-6-9-15-17(16-10-7-8-13)14(11(2)3)12(4)5;1-2-9-7-8-5-3-4-6-8;3*1-2-4-5-3-1;2*1-2;;;;/h11-12H,1,6-7,9-10H2,2-5H3;8H,1-7H2;2*1-5H2;1H,2-5H2;2*1-2H3;;;;/q-1;-2;;;-1;;;;;2*+2. The fraction of sp³-hybridized carbons (Fsp3) is 0.897. The first-order valence-corrected chi connectivity index (χ1v) is 20.3. The number of nitriles is 1. The normalized spacial score (nSPS) is 16.1. The van der Waals surface area contributed by atoms with Gasteiger partial charge in [0.05, 0.1) is 19.1 Å². The van der Waals surface area contributed by atoms with Gasteiger partial charge >= 0.3 is 39.6 Å². The first-order valence-electron chi connectivity index (χ1n) is 19.2. The Morgan fingerprint density at radius 2 is 1.12 bits per heavy atom. The zero-order valence-corrected chi connectivity index (χ0v) is 40.8. The van der Waals surface area contributed by atoms with Crippen LogP contribution in [-0.2, 0) is 82.8 Å². The van der Waals surface area contributed by atoms with Gasteiger partial charge in [0.15, 0.2) is 0 Å². The van der Waals surface area contributed by atoms with Crippen LogP contribution >= 0.6 is 8.53 Å². The van der Waals surface area contributed by atoms with E-state index >= 15 is 0 Å². The van der Waals surface area contributed by atoms with E-state index in [-0.39, 0.29) is 73.8 Å². The Kier molecular flexibility index (Phi) is 76.4. The van der Waals surface area contributed by atoms with Crippen LogP contribution in [0.5, 0.6) is 0 Å². The van der Waals surface area contributed by atoms with E-state index in [1.165, 1.54) is 116 Å². The molecule has 0 heterocycles.